The summed E-state index contributed by atoms with van der Waals surface area (Å²) >= 11 is 11.8. The summed E-state index contributed by atoms with van der Waals surface area (Å²) in [7, 11) is 0. The summed E-state index contributed by atoms with van der Waals surface area (Å²) in [5.41, 5.74) is -0.131. The molecule has 9 heteroatoms. The lowest BCUT2D eigenvalue weighted by atomic mass is 10.2. The van der Waals surface area contributed by atoms with Crippen molar-refractivity contribution in [3.05, 3.63) is 51.3 Å². The Morgan fingerprint density at radius 1 is 1.28 bits per heavy atom. The highest BCUT2D eigenvalue weighted by Crippen LogP contribution is 2.42. The molecule has 1 N–H and O–H groups in total. The van der Waals surface area contributed by atoms with Crippen molar-refractivity contribution in [1.82, 2.24) is 15.1 Å². The SMILES string of the molecule is O=C(NCCn1nc(C(F)(F)F)cc1C1CC1)c1cc(Cl)ccc1Cl. The molecule has 1 aliphatic carbocycles. The van der Waals surface area contributed by atoms with Gasteiger partial charge in [-0.2, -0.15) is 18.3 Å². The normalized spacial score (nSPS) is 14.6. The number of carbonyl (C=O) groups excluding carboxylic acids is 1. The average Bonchev–Trinajstić information content (AvgIpc) is 3.28. The van der Waals surface area contributed by atoms with Gasteiger partial charge in [0.15, 0.2) is 5.69 Å². The van der Waals surface area contributed by atoms with Gasteiger partial charge in [-0.05, 0) is 37.1 Å². The Bertz CT molecular complexity index is 800. The van der Waals surface area contributed by atoms with Crippen molar-refractivity contribution in [3.63, 3.8) is 0 Å². The van der Waals surface area contributed by atoms with Gasteiger partial charge in [-0.25, -0.2) is 0 Å². The second-order valence-electron chi connectivity index (χ2n) is 5.83. The first-order chi connectivity index (χ1) is 11.8. The maximum Gasteiger partial charge on any atom is 0.435 e. The fourth-order valence-corrected chi connectivity index (χ4v) is 2.87. The molecule has 4 nitrogen and oxygen atoms in total. The number of nitrogens with zero attached hydrogens (tertiary/aromatic N) is 2. The quantitative estimate of drug-likeness (QED) is 0.814. The van der Waals surface area contributed by atoms with Crippen LogP contribution in [0.2, 0.25) is 10.0 Å². The van der Waals surface area contributed by atoms with Crippen LogP contribution >= 0.6 is 23.2 Å². The molecule has 0 aliphatic heterocycles. The number of carbonyl (C=O) groups is 1. The Morgan fingerprint density at radius 3 is 2.64 bits per heavy atom. The molecule has 0 unspecified atom stereocenters. The molecular formula is C16H14Cl2F3N3O. The molecule has 1 fully saturated rings. The van der Waals surface area contributed by atoms with Crippen molar-refractivity contribution in [3.8, 4) is 0 Å². The number of rotatable bonds is 5. The average molecular weight is 392 g/mol. The molecule has 1 aromatic carbocycles. The Hall–Kier alpha value is -1.73. The van der Waals surface area contributed by atoms with E-state index in [1.807, 2.05) is 0 Å². The molecule has 25 heavy (non-hydrogen) atoms. The van der Waals surface area contributed by atoms with E-state index in [-0.39, 0.29) is 29.6 Å². The zero-order valence-electron chi connectivity index (χ0n) is 12.9. The molecule has 2 aromatic rings. The monoisotopic (exact) mass is 391 g/mol. The fraction of sp³-hybridized carbons (Fsp3) is 0.375. The molecule has 1 amide bonds. The molecule has 0 atom stereocenters. The molecule has 0 radical (unpaired) electrons. The van der Waals surface area contributed by atoms with Gasteiger partial charge in [0.25, 0.3) is 5.91 Å². The molecule has 134 valence electrons. The number of hydrogen-bond acceptors (Lipinski definition) is 2. The third-order valence-corrected chi connectivity index (χ3v) is 4.44. The van der Waals surface area contributed by atoms with Gasteiger partial charge in [0.2, 0.25) is 0 Å². The Kier molecular flexibility index (Phi) is 4.97. The van der Waals surface area contributed by atoms with Gasteiger partial charge in [0.05, 0.1) is 17.1 Å². The van der Waals surface area contributed by atoms with Crippen molar-refractivity contribution in [2.24, 2.45) is 0 Å². The van der Waals surface area contributed by atoms with Crippen LogP contribution in [0, 0.1) is 0 Å². The summed E-state index contributed by atoms with van der Waals surface area (Å²) in [6.45, 7) is 0.270. The summed E-state index contributed by atoms with van der Waals surface area (Å²) < 4.78 is 39.9. The number of benzene rings is 1. The molecular weight excluding hydrogens is 378 g/mol. The van der Waals surface area contributed by atoms with Crippen molar-refractivity contribution in [1.29, 1.82) is 0 Å². The number of alkyl halides is 3. The molecule has 3 rings (SSSR count). The van der Waals surface area contributed by atoms with Gasteiger partial charge < -0.3 is 5.32 Å². The third kappa shape index (κ3) is 4.27. The number of halogens is 5. The van der Waals surface area contributed by atoms with Crippen LogP contribution in [0.4, 0.5) is 13.2 Å². The number of nitrogens with one attached hydrogen (secondary N) is 1. The van der Waals surface area contributed by atoms with E-state index in [1.54, 1.807) is 6.07 Å². The molecule has 1 heterocycles. The molecule has 1 saturated carbocycles. The molecule has 1 aromatic heterocycles. The van der Waals surface area contributed by atoms with Crippen LogP contribution in [-0.2, 0) is 12.7 Å². The topological polar surface area (TPSA) is 46.9 Å². The predicted octanol–water partition coefficient (Wildman–Crippen LogP) is 4.52. The second kappa shape index (κ2) is 6.88. The summed E-state index contributed by atoms with van der Waals surface area (Å²) in [6.07, 6.45) is -2.77. The van der Waals surface area contributed by atoms with E-state index in [9.17, 15) is 18.0 Å². The predicted molar refractivity (Wildman–Crippen MR) is 88.0 cm³/mol. The summed E-state index contributed by atoms with van der Waals surface area (Å²) in [4.78, 5) is 12.1. The van der Waals surface area contributed by atoms with E-state index >= 15 is 0 Å². The van der Waals surface area contributed by atoms with E-state index in [4.69, 9.17) is 23.2 Å². The maximum atomic E-state index is 12.8. The van der Waals surface area contributed by atoms with Crippen LogP contribution < -0.4 is 5.32 Å². The summed E-state index contributed by atoms with van der Waals surface area (Å²) in [5.74, 6) is -0.328. The fourth-order valence-electron chi connectivity index (χ4n) is 2.50. The summed E-state index contributed by atoms with van der Waals surface area (Å²) in [6, 6.07) is 5.59. The van der Waals surface area contributed by atoms with Crippen molar-refractivity contribution >= 4 is 29.1 Å². The minimum atomic E-state index is -4.48. The van der Waals surface area contributed by atoms with E-state index < -0.39 is 17.8 Å². The van der Waals surface area contributed by atoms with Crippen LogP contribution in [0.25, 0.3) is 0 Å². The number of hydrogen-bond donors (Lipinski definition) is 1. The van der Waals surface area contributed by atoms with Gasteiger partial charge in [0.1, 0.15) is 0 Å². The summed E-state index contributed by atoms with van der Waals surface area (Å²) in [5, 5.41) is 6.88. The van der Waals surface area contributed by atoms with Gasteiger partial charge in [-0.15, -0.1) is 0 Å². The molecule has 0 spiro atoms. The largest absolute Gasteiger partial charge is 0.435 e. The van der Waals surface area contributed by atoms with E-state index in [0.717, 1.165) is 18.9 Å². The van der Waals surface area contributed by atoms with Gasteiger partial charge >= 0.3 is 6.18 Å². The van der Waals surface area contributed by atoms with Crippen molar-refractivity contribution in [2.75, 3.05) is 6.54 Å². The maximum absolute atomic E-state index is 12.8. The van der Waals surface area contributed by atoms with E-state index in [2.05, 4.69) is 10.4 Å². The Balaban J connectivity index is 1.66. The lowest BCUT2D eigenvalue weighted by Gasteiger charge is -2.09. The van der Waals surface area contributed by atoms with Gasteiger partial charge in [-0.3, -0.25) is 9.48 Å². The molecule has 1 aliphatic rings. The third-order valence-electron chi connectivity index (χ3n) is 3.88. The van der Waals surface area contributed by atoms with Gasteiger partial charge in [0, 0.05) is 23.2 Å². The van der Waals surface area contributed by atoms with Crippen LogP contribution in [0.3, 0.4) is 0 Å². The van der Waals surface area contributed by atoms with Crippen molar-refractivity contribution < 1.29 is 18.0 Å². The zero-order valence-corrected chi connectivity index (χ0v) is 14.4. The zero-order chi connectivity index (χ0) is 18.2. The highest BCUT2D eigenvalue weighted by atomic mass is 35.5. The Labute approximate surface area is 151 Å². The standard InChI is InChI=1S/C16H14Cl2F3N3O/c17-10-3-4-12(18)11(7-10)15(25)22-5-6-24-13(9-1-2-9)8-14(23-24)16(19,20)21/h3-4,7-9H,1-2,5-6H2,(H,22,25). The van der Waals surface area contributed by atoms with Crippen LogP contribution in [0.15, 0.2) is 24.3 Å². The lowest BCUT2D eigenvalue weighted by molar-refractivity contribution is -0.141. The first-order valence-corrected chi connectivity index (χ1v) is 8.39. The minimum Gasteiger partial charge on any atom is -0.350 e. The second-order valence-corrected chi connectivity index (χ2v) is 6.67. The highest BCUT2D eigenvalue weighted by molar-refractivity contribution is 6.35. The van der Waals surface area contributed by atoms with E-state index in [0.29, 0.717) is 10.7 Å². The Morgan fingerprint density at radius 2 is 2.00 bits per heavy atom. The minimum absolute atomic E-state index is 0.113. The van der Waals surface area contributed by atoms with Gasteiger partial charge in [-0.1, -0.05) is 23.2 Å². The first kappa shape index (κ1) is 18.1. The number of amides is 1. The molecule has 0 saturated heterocycles. The lowest BCUT2D eigenvalue weighted by Crippen LogP contribution is -2.28. The van der Waals surface area contributed by atoms with Crippen LogP contribution in [0.5, 0.6) is 0 Å². The van der Waals surface area contributed by atoms with Crippen molar-refractivity contribution in [2.45, 2.75) is 31.5 Å². The van der Waals surface area contributed by atoms with E-state index in [1.165, 1.54) is 16.8 Å². The number of aromatic nitrogens is 2. The smallest absolute Gasteiger partial charge is 0.350 e. The highest BCUT2D eigenvalue weighted by Gasteiger charge is 2.37. The van der Waals surface area contributed by atoms with Crippen LogP contribution in [-0.4, -0.2) is 22.2 Å². The first-order valence-electron chi connectivity index (χ1n) is 7.64. The molecule has 0 bridgehead atoms. The van der Waals surface area contributed by atoms with Crippen LogP contribution in [0.1, 0.15) is 40.5 Å².